The molecule has 1 aromatic carbocycles. The molecule has 18 heavy (non-hydrogen) atoms. The Labute approximate surface area is 110 Å². The van der Waals surface area contributed by atoms with Crippen LogP contribution in [0.2, 0.25) is 0 Å². The van der Waals surface area contributed by atoms with Gasteiger partial charge >= 0.3 is 0 Å². The number of nitrogens with one attached hydrogen (secondary N) is 1. The van der Waals surface area contributed by atoms with Gasteiger partial charge in [-0.1, -0.05) is 25.5 Å². The first kappa shape index (κ1) is 12.0. The molecule has 0 spiro atoms. The summed E-state index contributed by atoms with van der Waals surface area (Å²) in [4.78, 5) is 0. The molecule has 1 aromatic rings. The average Bonchev–Trinajstić information content (AvgIpc) is 2.35. The Hall–Kier alpha value is -1.02. The van der Waals surface area contributed by atoms with E-state index in [0.717, 1.165) is 31.2 Å². The number of hydrogen-bond acceptors (Lipinski definition) is 2. The molecule has 1 saturated carbocycles. The first-order valence-corrected chi connectivity index (χ1v) is 7.37. The van der Waals surface area contributed by atoms with Gasteiger partial charge in [-0.25, -0.2) is 0 Å². The van der Waals surface area contributed by atoms with E-state index in [1.807, 2.05) is 0 Å². The van der Waals surface area contributed by atoms with E-state index in [1.54, 1.807) is 0 Å². The normalized spacial score (nSPS) is 20.7. The van der Waals surface area contributed by atoms with Crippen LogP contribution in [0.15, 0.2) is 18.2 Å². The van der Waals surface area contributed by atoms with Crippen LogP contribution in [0.5, 0.6) is 5.75 Å². The molecule has 1 heterocycles. The molecule has 98 valence electrons. The molecule has 1 atom stereocenters. The Morgan fingerprint density at radius 2 is 2.22 bits per heavy atom. The third kappa shape index (κ3) is 2.26. The van der Waals surface area contributed by atoms with Crippen LogP contribution in [0.25, 0.3) is 0 Å². The SMILES string of the molecule is CCNC(c1ccc2c(c1)CCCO2)C1CCC1. The molecule has 0 saturated heterocycles. The van der Waals surface area contributed by atoms with E-state index in [-0.39, 0.29) is 0 Å². The van der Waals surface area contributed by atoms with Crippen LogP contribution >= 0.6 is 0 Å². The van der Waals surface area contributed by atoms with E-state index >= 15 is 0 Å². The Morgan fingerprint density at radius 3 is 2.94 bits per heavy atom. The molecule has 0 aromatic heterocycles. The Bertz CT molecular complexity index is 412. The maximum absolute atomic E-state index is 5.70. The van der Waals surface area contributed by atoms with Crippen molar-refractivity contribution in [3.63, 3.8) is 0 Å². The minimum atomic E-state index is 0.552. The first-order valence-electron chi connectivity index (χ1n) is 7.37. The van der Waals surface area contributed by atoms with Crippen molar-refractivity contribution in [2.45, 2.75) is 45.1 Å². The third-order valence-corrected chi connectivity index (χ3v) is 4.34. The van der Waals surface area contributed by atoms with Gasteiger partial charge < -0.3 is 10.1 Å². The molecule has 0 radical (unpaired) electrons. The number of aryl methyl sites for hydroxylation is 1. The predicted octanol–water partition coefficient (Wildman–Crippen LogP) is 3.46. The molecule has 1 N–H and O–H groups in total. The lowest BCUT2D eigenvalue weighted by Crippen LogP contribution is -2.32. The van der Waals surface area contributed by atoms with E-state index < -0.39 is 0 Å². The van der Waals surface area contributed by atoms with Crippen LogP contribution in [0.4, 0.5) is 0 Å². The Balaban J connectivity index is 1.84. The summed E-state index contributed by atoms with van der Waals surface area (Å²) in [7, 11) is 0. The fraction of sp³-hybridized carbons (Fsp3) is 0.625. The van der Waals surface area contributed by atoms with Gasteiger partial charge in [-0.3, -0.25) is 0 Å². The van der Waals surface area contributed by atoms with Gasteiger partial charge in [-0.2, -0.15) is 0 Å². The highest BCUT2D eigenvalue weighted by Crippen LogP contribution is 2.39. The van der Waals surface area contributed by atoms with Gasteiger partial charge in [0.25, 0.3) is 0 Å². The molecule has 0 bridgehead atoms. The number of rotatable bonds is 4. The monoisotopic (exact) mass is 245 g/mol. The molecule has 2 nitrogen and oxygen atoms in total. The van der Waals surface area contributed by atoms with Crippen molar-refractivity contribution in [3.8, 4) is 5.75 Å². The number of fused-ring (bicyclic) bond motifs is 1. The van der Waals surface area contributed by atoms with Crippen LogP contribution in [0, 0.1) is 5.92 Å². The van der Waals surface area contributed by atoms with Crippen LogP contribution in [-0.4, -0.2) is 13.2 Å². The van der Waals surface area contributed by atoms with Crippen LogP contribution in [0.1, 0.15) is 49.8 Å². The highest BCUT2D eigenvalue weighted by atomic mass is 16.5. The van der Waals surface area contributed by atoms with Crippen molar-refractivity contribution in [2.75, 3.05) is 13.2 Å². The summed E-state index contributed by atoms with van der Waals surface area (Å²) in [6.45, 7) is 4.13. The maximum atomic E-state index is 5.70. The van der Waals surface area contributed by atoms with E-state index in [1.165, 1.54) is 36.8 Å². The van der Waals surface area contributed by atoms with E-state index in [0.29, 0.717) is 6.04 Å². The average molecular weight is 245 g/mol. The van der Waals surface area contributed by atoms with Gasteiger partial charge in [0.15, 0.2) is 0 Å². The summed E-state index contributed by atoms with van der Waals surface area (Å²) < 4.78 is 5.70. The van der Waals surface area contributed by atoms with Gasteiger partial charge in [-0.05, 0) is 55.3 Å². The molecule has 1 aliphatic carbocycles. The lowest BCUT2D eigenvalue weighted by Gasteiger charge is -2.35. The molecule has 3 rings (SSSR count). The predicted molar refractivity (Wildman–Crippen MR) is 74.0 cm³/mol. The summed E-state index contributed by atoms with van der Waals surface area (Å²) in [5.41, 5.74) is 2.87. The summed E-state index contributed by atoms with van der Waals surface area (Å²) in [5.74, 6) is 1.95. The highest BCUT2D eigenvalue weighted by Gasteiger charge is 2.28. The van der Waals surface area contributed by atoms with Crippen molar-refractivity contribution < 1.29 is 4.74 Å². The topological polar surface area (TPSA) is 21.3 Å². The van der Waals surface area contributed by atoms with Gasteiger partial charge in [0.2, 0.25) is 0 Å². The quantitative estimate of drug-likeness (QED) is 0.877. The van der Waals surface area contributed by atoms with Gasteiger partial charge in [-0.15, -0.1) is 0 Å². The van der Waals surface area contributed by atoms with Crippen LogP contribution in [-0.2, 0) is 6.42 Å². The molecular weight excluding hydrogens is 222 g/mol. The second kappa shape index (κ2) is 5.31. The zero-order valence-electron chi connectivity index (χ0n) is 11.2. The largest absolute Gasteiger partial charge is 0.493 e. The fourth-order valence-corrected chi connectivity index (χ4v) is 3.12. The second-order valence-electron chi connectivity index (χ2n) is 5.55. The van der Waals surface area contributed by atoms with Crippen LogP contribution in [0.3, 0.4) is 0 Å². The standard InChI is InChI=1S/C16H23NO/c1-2-17-16(12-5-3-6-12)14-8-9-15-13(11-14)7-4-10-18-15/h8-9,11-12,16-17H,2-7,10H2,1H3. The first-order chi connectivity index (χ1) is 8.88. The van der Waals surface area contributed by atoms with E-state index in [9.17, 15) is 0 Å². The number of hydrogen-bond donors (Lipinski definition) is 1. The fourth-order valence-electron chi connectivity index (χ4n) is 3.12. The molecular formula is C16H23NO. The summed E-state index contributed by atoms with van der Waals surface area (Å²) in [5, 5.41) is 3.67. The Morgan fingerprint density at radius 1 is 1.33 bits per heavy atom. The Kier molecular flexibility index (Phi) is 3.55. The molecule has 1 unspecified atom stereocenters. The molecule has 1 fully saturated rings. The molecule has 2 heteroatoms. The zero-order chi connectivity index (χ0) is 12.4. The molecule has 0 amide bonds. The summed E-state index contributed by atoms with van der Waals surface area (Å²) >= 11 is 0. The lowest BCUT2D eigenvalue weighted by molar-refractivity contribution is 0.232. The minimum absolute atomic E-state index is 0.552. The second-order valence-corrected chi connectivity index (χ2v) is 5.55. The van der Waals surface area contributed by atoms with E-state index in [4.69, 9.17) is 4.74 Å². The van der Waals surface area contributed by atoms with Gasteiger partial charge in [0.05, 0.1) is 6.61 Å². The van der Waals surface area contributed by atoms with Gasteiger partial charge in [0.1, 0.15) is 5.75 Å². The van der Waals surface area contributed by atoms with Crippen molar-refractivity contribution in [2.24, 2.45) is 5.92 Å². The lowest BCUT2D eigenvalue weighted by atomic mass is 9.77. The van der Waals surface area contributed by atoms with E-state index in [2.05, 4.69) is 30.4 Å². The van der Waals surface area contributed by atoms with Crippen LogP contribution < -0.4 is 10.1 Å². The van der Waals surface area contributed by atoms with Crippen molar-refractivity contribution in [3.05, 3.63) is 29.3 Å². The summed E-state index contributed by atoms with van der Waals surface area (Å²) in [6.07, 6.45) is 6.50. The van der Waals surface area contributed by atoms with Crippen molar-refractivity contribution in [1.82, 2.24) is 5.32 Å². The van der Waals surface area contributed by atoms with Gasteiger partial charge in [0, 0.05) is 6.04 Å². The zero-order valence-corrected chi connectivity index (χ0v) is 11.2. The number of benzene rings is 1. The highest BCUT2D eigenvalue weighted by molar-refractivity contribution is 5.40. The molecule has 2 aliphatic rings. The minimum Gasteiger partial charge on any atom is -0.493 e. The molecule has 1 aliphatic heterocycles. The third-order valence-electron chi connectivity index (χ3n) is 4.34. The smallest absolute Gasteiger partial charge is 0.122 e. The number of ether oxygens (including phenoxy) is 1. The maximum Gasteiger partial charge on any atom is 0.122 e. The van der Waals surface area contributed by atoms with Crippen molar-refractivity contribution >= 4 is 0 Å². The summed E-state index contributed by atoms with van der Waals surface area (Å²) in [6, 6.07) is 7.36. The van der Waals surface area contributed by atoms with Crippen molar-refractivity contribution in [1.29, 1.82) is 0 Å².